The second-order valence-corrected chi connectivity index (χ2v) is 10.3. The number of ether oxygens (including phenoxy) is 2. The zero-order valence-corrected chi connectivity index (χ0v) is 23.6. The second kappa shape index (κ2) is 13.2. The van der Waals surface area contributed by atoms with Gasteiger partial charge in [-0.3, -0.25) is 14.5 Å². The fourth-order valence-electron chi connectivity index (χ4n) is 5.06. The fraction of sp³-hybridized carbons (Fsp3) is 0.323. The molecule has 41 heavy (non-hydrogen) atoms. The summed E-state index contributed by atoms with van der Waals surface area (Å²) >= 11 is 6.49. The first-order valence-electron chi connectivity index (χ1n) is 13.6. The van der Waals surface area contributed by atoms with Crippen LogP contribution in [-0.4, -0.2) is 85.4 Å². The minimum absolute atomic E-state index is 0.0735. The Balaban J connectivity index is 1.43. The lowest BCUT2D eigenvalue weighted by Gasteiger charge is -2.31. The Bertz CT molecular complexity index is 1410. The van der Waals surface area contributed by atoms with Gasteiger partial charge in [-0.05, 0) is 35.9 Å². The van der Waals surface area contributed by atoms with E-state index in [0.717, 1.165) is 24.2 Å². The molecule has 5 rings (SSSR count). The van der Waals surface area contributed by atoms with Gasteiger partial charge in [0.15, 0.2) is 0 Å². The summed E-state index contributed by atoms with van der Waals surface area (Å²) in [4.78, 5) is 31.1. The molecule has 0 spiro atoms. The Morgan fingerprint density at radius 3 is 2.46 bits per heavy atom. The van der Waals surface area contributed by atoms with Crippen molar-refractivity contribution in [1.29, 1.82) is 0 Å². The van der Waals surface area contributed by atoms with E-state index in [2.05, 4.69) is 4.90 Å². The number of methoxy groups -OCH3 is 1. The highest BCUT2D eigenvalue weighted by atomic mass is 35.5. The van der Waals surface area contributed by atoms with E-state index in [1.165, 1.54) is 28.1 Å². The number of hydrogen-bond acceptors (Lipinski definition) is 6. The van der Waals surface area contributed by atoms with Crippen molar-refractivity contribution < 1.29 is 23.5 Å². The standard InChI is InChI=1S/C31H32ClFN4O4/c1-40-23-12-10-22(11-13-23)29-20-28(24-6-2-4-8-26(24)32)34-37(29)30(38)21-36(15-14-35-16-18-41-19-17-35)31(39)25-7-3-5-9-27(25)33/h2-13,29H,14-21H2,1H3/t29-/m1/s1. The van der Waals surface area contributed by atoms with Crippen molar-refractivity contribution in [3.05, 3.63) is 100 Å². The van der Waals surface area contributed by atoms with Gasteiger partial charge in [0.2, 0.25) is 0 Å². The summed E-state index contributed by atoms with van der Waals surface area (Å²) in [6.07, 6.45) is 0.441. The first-order valence-corrected chi connectivity index (χ1v) is 13.9. The molecule has 0 radical (unpaired) electrons. The number of amides is 2. The van der Waals surface area contributed by atoms with Crippen LogP contribution in [0.5, 0.6) is 5.75 Å². The molecule has 1 saturated heterocycles. The lowest BCUT2D eigenvalue weighted by atomic mass is 9.98. The number of rotatable bonds is 9. The molecule has 0 bridgehead atoms. The molecule has 0 N–H and O–H groups in total. The summed E-state index contributed by atoms with van der Waals surface area (Å²) < 4.78 is 25.4. The van der Waals surface area contributed by atoms with Gasteiger partial charge in [-0.1, -0.05) is 54.1 Å². The van der Waals surface area contributed by atoms with E-state index in [1.54, 1.807) is 19.2 Å². The van der Waals surface area contributed by atoms with Gasteiger partial charge >= 0.3 is 0 Å². The first-order chi connectivity index (χ1) is 19.9. The first kappa shape index (κ1) is 28.7. The highest BCUT2D eigenvalue weighted by molar-refractivity contribution is 6.34. The number of morpholine rings is 1. The summed E-state index contributed by atoms with van der Waals surface area (Å²) in [5, 5.41) is 6.68. The molecule has 0 aliphatic carbocycles. The van der Waals surface area contributed by atoms with E-state index in [4.69, 9.17) is 26.2 Å². The van der Waals surface area contributed by atoms with E-state index >= 15 is 0 Å². The molecule has 3 aromatic carbocycles. The second-order valence-electron chi connectivity index (χ2n) is 9.92. The lowest BCUT2D eigenvalue weighted by Crippen LogP contribution is -2.46. The molecule has 214 valence electrons. The largest absolute Gasteiger partial charge is 0.497 e. The van der Waals surface area contributed by atoms with Crippen LogP contribution < -0.4 is 4.74 Å². The molecule has 2 heterocycles. The van der Waals surface area contributed by atoms with E-state index in [1.807, 2.05) is 42.5 Å². The summed E-state index contributed by atoms with van der Waals surface area (Å²) in [5.41, 5.74) is 2.21. The normalized spacial score (nSPS) is 17.3. The van der Waals surface area contributed by atoms with Crippen LogP contribution >= 0.6 is 11.6 Å². The SMILES string of the molecule is COc1ccc([C@H]2CC(c3ccccc3Cl)=NN2C(=O)CN(CCN2CCOCC2)C(=O)c2ccccc2F)cc1. The van der Waals surface area contributed by atoms with Gasteiger partial charge in [-0.2, -0.15) is 5.10 Å². The van der Waals surface area contributed by atoms with Gasteiger partial charge in [0.05, 0.1) is 37.6 Å². The zero-order valence-electron chi connectivity index (χ0n) is 22.8. The van der Waals surface area contributed by atoms with Gasteiger partial charge in [-0.15, -0.1) is 0 Å². The minimum Gasteiger partial charge on any atom is -0.497 e. The predicted octanol–water partition coefficient (Wildman–Crippen LogP) is 4.64. The van der Waals surface area contributed by atoms with Crippen molar-refractivity contribution in [3.8, 4) is 5.75 Å². The number of benzene rings is 3. The molecule has 0 saturated carbocycles. The number of halogens is 2. The van der Waals surface area contributed by atoms with Crippen LogP contribution in [0.3, 0.4) is 0 Å². The van der Waals surface area contributed by atoms with Gasteiger partial charge in [0, 0.05) is 43.2 Å². The lowest BCUT2D eigenvalue weighted by molar-refractivity contribution is -0.133. The van der Waals surface area contributed by atoms with Crippen molar-refractivity contribution in [3.63, 3.8) is 0 Å². The number of carbonyl (C=O) groups is 2. The molecule has 1 atom stereocenters. The number of carbonyl (C=O) groups excluding carboxylic acids is 2. The monoisotopic (exact) mass is 578 g/mol. The van der Waals surface area contributed by atoms with Gasteiger partial charge in [0.25, 0.3) is 11.8 Å². The van der Waals surface area contributed by atoms with Crippen molar-refractivity contribution in [2.75, 3.05) is 53.0 Å². The third-order valence-corrected chi connectivity index (χ3v) is 7.69. The van der Waals surface area contributed by atoms with E-state index < -0.39 is 17.8 Å². The van der Waals surface area contributed by atoms with Crippen molar-refractivity contribution >= 4 is 29.1 Å². The number of hydrogen-bond donors (Lipinski definition) is 0. The highest BCUT2D eigenvalue weighted by Crippen LogP contribution is 2.35. The summed E-state index contributed by atoms with van der Waals surface area (Å²) in [7, 11) is 1.59. The number of hydrazone groups is 1. The van der Waals surface area contributed by atoms with Gasteiger partial charge in [-0.25, -0.2) is 9.40 Å². The van der Waals surface area contributed by atoms with Crippen LogP contribution in [0.1, 0.15) is 33.9 Å². The maximum Gasteiger partial charge on any atom is 0.262 e. The van der Waals surface area contributed by atoms with Crippen molar-refractivity contribution in [2.45, 2.75) is 12.5 Å². The molecule has 2 aliphatic rings. The molecular weight excluding hydrogens is 547 g/mol. The fourth-order valence-corrected chi connectivity index (χ4v) is 5.31. The zero-order chi connectivity index (χ0) is 28.8. The van der Waals surface area contributed by atoms with Gasteiger partial charge < -0.3 is 14.4 Å². The minimum atomic E-state index is -0.627. The van der Waals surface area contributed by atoms with Gasteiger partial charge in [0.1, 0.15) is 18.1 Å². The van der Waals surface area contributed by atoms with Crippen LogP contribution in [0.4, 0.5) is 4.39 Å². The molecular formula is C31H32ClFN4O4. The van der Waals surface area contributed by atoms with Crippen molar-refractivity contribution in [1.82, 2.24) is 14.8 Å². The maximum atomic E-state index is 14.6. The average Bonchev–Trinajstić information content (AvgIpc) is 3.45. The Morgan fingerprint density at radius 1 is 1.05 bits per heavy atom. The quantitative estimate of drug-likeness (QED) is 0.370. The van der Waals surface area contributed by atoms with Crippen LogP contribution in [0.2, 0.25) is 5.02 Å². The molecule has 0 aromatic heterocycles. The Kier molecular flexibility index (Phi) is 9.28. The van der Waals surface area contributed by atoms with E-state index in [0.29, 0.717) is 42.7 Å². The van der Waals surface area contributed by atoms with Crippen LogP contribution in [-0.2, 0) is 9.53 Å². The average molecular weight is 579 g/mol. The molecule has 8 nitrogen and oxygen atoms in total. The molecule has 2 amide bonds. The molecule has 3 aromatic rings. The van der Waals surface area contributed by atoms with Crippen LogP contribution in [0, 0.1) is 5.82 Å². The predicted molar refractivity (Wildman–Crippen MR) is 155 cm³/mol. The summed E-state index contributed by atoms with van der Waals surface area (Å²) in [6, 6.07) is 20.2. The van der Waals surface area contributed by atoms with Crippen LogP contribution in [0.15, 0.2) is 77.9 Å². The topological polar surface area (TPSA) is 74.7 Å². The molecule has 10 heteroatoms. The highest BCUT2D eigenvalue weighted by Gasteiger charge is 2.35. The number of nitrogens with zero attached hydrogens (tertiary/aromatic N) is 4. The molecule has 0 unspecified atom stereocenters. The van der Waals surface area contributed by atoms with Crippen molar-refractivity contribution in [2.24, 2.45) is 5.10 Å². The molecule has 2 aliphatic heterocycles. The maximum absolute atomic E-state index is 14.6. The summed E-state index contributed by atoms with van der Waals surface area (Å²) in [5.74, 6) is -0.848. The molecule has 1 fully saturated rings. The van der Waals surface area contributed by atoms with E-state index in [9.17, 15) is 14.0 Å². The summed E-state index contributed by atoms with van der Waals surface area (Å²) in [6.45, 7) is 3.20. The van der Waals surface area contributed by atoms with E-state index in [-0.39, 0.29) is 24.6 Å². The Morgan fingerprint density at radius 2 is 1.76 bits per heavy atom. The smallest absolute Gasteiger partial charge is 0.262 e. The van der Waals surface area contributed by atoms with Crippen LogP contribution in [0.25, 0.3) is 0 Å². The Labute approximate surface area is 243 Å². The third kappa shape index (κ3) is 6.75. The Hall–Kier alpha value is -3.79. The third-order valence-electron chi connectivity index (χ3n) is 7.36.